The fraction of sp³-hybridized carbons (Fsp3) is 0.462. The van der Waals surface area contributed by atoms with Crippen molar-refractivity contribution in [2.45, 2.75) is 39.3 Å². The lowest BCUT2D eigenvalue weighted by Crippen LogP contribution is -2.40. The topological polar surface area (TPSA) is 102 Å². The lowest BCUT2D eigenvalue weighted by Gasteiger charge is -2.23. The van der Waals surface area contributed by atoms with E-state index in [1.54, 1.807) is 19.9 Å². The van der Waals surface area contributed by atoms with Crippen molar-refractivity contribution in [3.8, 4) is 5.75 Å². The molecular weight excluding hydrogens is 264 g/mol. The first-order chi connectivity index (χ1) is 9.15. The van der Waals surface area contributed by atoms with Gasteiger partial charge < -0.3 is 15.2 Å². The van der Waals surface area contributed by atoms with Gasteiger partial charge in [0.15, 0.2) is 5.75 Å². The predicted molar refractivity (Wildman–Crippen MR) is 74.2 cm³/mol. The molecule has 0 radical (unpaired) electrons. The smallest absolute Gasteiger partial charge is 0.333 e. The van der Waals surface area contributed by atoms with E-state index in [4.69, 9.17) is 9.84 Å². The molecule has 0 heterocycles. The van der Waals surface area contributed by atoms with Crippen LogP contribution >= 0.6 is 0 Å². The Morgan fingerprint density at radius 2 is 2.05 bits per heavy atom. The Morgan fingerprint density at radius 3 is 2.50 bits per heavy atom. The molecule has 0 saturated carbocycles. The molecular formula is C13H18N2O5. The maximum absolute atomic E-state index is 11.2. The van der Waals surface area contributed by atoms with Crippen LogP contribution in [0.15, 0.2) is 18.2 Å². The van der Waals surface area contributed by atoms with Gasteiger partial charge in [-0.2, -0.15) is 0 Å². The number of rotatable bonds is 6. The molecule has 0 unspecified atom stereocenters. The maximum Gasteiger partial charge on any atom is 0.333 e. The maximum atomic E-state index is 11.2. The van der Waals surface area contributed by atoms with Crippen molar-refractivity contribution in [2.75, 3.05) is 5.32 Å². The van der Waals surface area contributed by atoms with E-state index in [0.29, 0.717) is 0 Å². The van der Waals surface area contributed by atoms with Gasteiger partial charge >= 0.3 is 11.7 Å². The van der Waals surface area contributed by atoms with Crippen molar-refractivity contribution in [1.82, 2.24) is 0 Å². The average molecular weight is 282 g/mol. The van der Waals surface area contributed by atoms with Gasteiger partial charge in [-0.3, -0.25) is 10.1 Å². The molecule has 0 atom stereocenters. The van der Waals surface area contributed by atoms with Crippen LogP contribution in [0, 0.1) is 10.1 Å². The zero-order valence-electron chi connectivity index (χ0n) is 11.8. The molecule has 0 aliphatic rings. The summed E-state index contributed by atoms with van der Waals surface area (Å²) in [7, 11) is 0. The Bertz CT molecular complexity index is 525. The molecule has 0 fully saturated rings. The van der Waals surface area contributed by atoms with Crippen LogP contribution in [-0.2, 0) is 4.79 Å². The largest absolute Gasteiger partial charge is 0.484 e. The summed E-state index contributed by atoms with van der Waals surface area (Å²) in [4.78, 5) is 21.7. The Kier molecular flexibility index (Phi) is 4.54. The van der Waals surface area contributed by atoms with E-state index in [1.165, 1.54) is 26.0 Å². The number of anilines is 1. The van der Waals surface area contributed by atoms with Crippen LogP contribution in [-0.4, -0.2) is 27.6 Å². The van der Waals surface area contributed by atoms with Gasteiger partial charge in [0.2, 0.25) is 0 Å². The normalized spacial score (nSPS) is 11.2. The molecule has 0 spiro atoms. The van der Waals surface area contributed by atoms with Gasteiger partial charge in [0, 0.05) is 0 Å². The van der Waals surface area contributed by atoms with Gasteiger partial charge in [-0.25, -0.2) is 4.79 Å². The summed E-state index contributed by atoms with van der Waals surface area (Å²) in [6.07, 6.45) is -0.226. The molecule has 1 rings (SSSR count). The van der Waals surface area contributed by atoms with Crippen LogP contribution in [0.3, 0.4) is 0 Å². The number of nitro groups is 1. The highest BCUT2D eigenvalue weighted by Crippen LogP contribution is 2.36. The monoisotopic (exact) mass is 282 g/mol. The third-order valence-corrected chi connectivity index (χ3v) is 2.53. The van der Waals surface area contributed by atoms with Gasteiger partial charge in [0.1, 0.15) is 11.2 Å². The molecule has 0 aliphatic carbocycles. The molecule has 0 aromatic heterocycles. The highest BCUT2D eigenvalue weighted by atomic mass is 16.6. The number of nitrogens with one attached hydrogen (secondary N) is 1. The zero-order valence-corrected chi connectivity index (χ0v) is 11.8. The number of benzene rings is 1. The van der Waals surface area contributed by atoms with E-state index >= 15 is 0 Å². The van der Waals surface area contributed by atoms with Gasteiger partial charge in [0.05, 0.1) is 11.0 Å². The van der Waals surface area contributed by atoms with Gasteiger partial charge in [0.25, 0.3) is 0 Å². The standard InChI is InChI=1S/C13H18N2O5/c1-8(2)20-10-7-5-6-9(11(10)15(18)19)14-13(3,4)12(16)17/h5-8,14H,1-4H3,(H,16,17). The molecule has 0 bridgehead atoms. The second-order valence-electron chi connectivity index (χ2n) is 5.13. The Labute approximate surface area is 116 Å². The minimum absolute atomic E-state index is 0.108. The van der Waals surface area contributed by atoms with E-state index < -0.39 is 16.4 Å². The van der Waals surface area contributed by atoms with Gasteiger partial charge in [-0.05, 0) is 39.8 Å². The van der Waals surface area contributed by atoms with Crippen molar-refractivity contribution in [3.63, 3.8) is 0 Å². The SMILES string of the molecule is CC(C)Oc1cccc(NC(C)(C)C(=O)O)c1[N+](=O)[O-]. The predicted octanol–water partition coefficient (Wildman–Crippen LogP) is 2.66. The average Bonchev–Trinajstić information content (AvgIpc) is 2.26. The minimum atomic E-state index is -1.33. The van der Waals surface area contributed by atoms with E-state index in [2.05, 4.69) is 5.32 Å². The number of hydrogen-bond donors (Lipinski definition) is 2. The summed E-state index contributed by atoms with van der Waals surface area (Å²) in [5, 5.41) is 23.0. The van der Waals surface area contributed by atoms with Crippen molar-refractivity contribution >= 4 is 17.3 Å². The minimum Gasteiger partial charge on any atom is -0.484 e. The fourth-order valence-electron chi connectivity index (χ4n) is 1.55. The van der Waals surface area contributed by atoms with Crippen molar-refractivity contribution in [3.05, 3.63) is 28.3 Å². The number of para-hydroxylation sites is 1. The van der Waals surface area contributed by atoms with E-state index in [-0.39, 0.29) is 23.2 Å². The molecule has 7 nitrogen and oxygen atoms in total. The van der Waals surface area contributed by atoms with E-state index in [9.17, 15) is 14.9 Å². The Balaban J connectivity index is 3.26. The van der Waals surface area contributed by atoms with Crippen molar-refractivity contribution < 1.29 is 19.6 Å². The number of carboxylic acids is 1. The highest BCUT2D eigenvalue weighted by Gasteiger charge is 2.31. The quantitative estimate of drug-likeness (QED) is 0.614. The molecule has 20 heavy (non-hydrogen) atoms. The molecule has 0 amide bonds. The first-order valence-corrected chi connectivity index (χ1v) is 6.11. The van der Waals surface area contributed by atoms with Gasteiger partial charge in [-0.15, -0.1) is 0 Å². The molecule has 1 aromatic carbocycles. The highest BCUT2D eigenvalue weighted by molar-refractivity contribution is 5.83. The lowest BCUT2D eigenvalue weighted by atomic mass is 10.1. The summed E-state index contributed by atoms with van der Waals surface area (Å²) in [5.74, 6) is -1.00. The summed E-state index contributed by atoms with van der Waals surface area (Å²) in [6.45, 7) is 6.36. The van der Waals surface area contributed by atoms with Crippen molar-refractivity contribution in [1.29, 1.82) is 0 Å². The molecule has 2 N–H and O–H groups in total. The summed E-state index contributed by atoms with van der Waals surface area (Å²) >= 11 is 0. The first-order valence-electron chi connectivity index (χ1n) is 6.11. The lowest BCUT2D eigenvalue weighted by molar-refractivity contribution is -0.385. The number of aliphatic carboxylic acids is 1. The molecule has 110 valence electrons. The Hall–Kier alpha value is -2.31. The van der Waals surface area contributed by atoms with Gasteiger partial charge in [-0.1, -0.05) is 6.07 Å². The fourth-order valence-corrected chi connectivity index (χ4v) is 1.55. The third-order valence-electron chi connectivity index (χ3n) is 2.53. The number of ether oxygens (including phenoxy) is 1. The number of hydrogen-bond acceptors (Lipinski definition) is 5. The van der Waals surface area contributed by atoms with Crippen LogP contribution in [0.1, 0.15) is 27.7 Å². The first kappa shape index (κ1) is 15.7. The second-order valence-corrected chi connectivity index (χ2v) is 5.13. The van der Waals surface area contributed by atoms with Crippen LogP contribution < -0.4 is 10.1 Å². The van der Waals surface area contributed by atoms with E-state index in [0.717, 1.165) is 0 Å². The summed E-state index contributed by atoms with van der Waals surface area (Å²) in [5.41, 5.74) is -1.49. The van der Waals surface area contributed by atoms with Crippen LogP contribution in [0.5, 0.6) is 5.75 Å². The van der Waals surface area contributed by atoms with Crippen molar-refractivity contribution in [2.24, 2.45) is 0 Å². The number of carboxylic acid groups (broad SMARTS) is 1. The van der Waals surface area contributed by atoms with Crippen LogP contribution in [0.4, 0.5) is 11.4 Å². The third kappa shape index (κ3) is 3.59. The second kappa shape index (κ2) is 5.77. The van der Waals surface area contributed by atoms with Crippen LogP contribution in [0.2, 0.25) is 0 Å². The number of carbonyl (C=O) groups is 1. The number of nitrogens with zero attached hydrogens (tertiary/aromatic N) is 1. The van der Waals surface area contributed by atoms with E-state index in [1.807, 2.05) is 0 Å². The van der Waals surface area contributed by atoms with Crippen LogP contribution in [0.25, 0.3) is 0 Å². The Morgan fingerprint density at radius 1 is 1.45 bits per heavy atom. The number of nitro benzene ring substituents is 1. The molecule has 0 saturated heterocycles. The molecule has 0 aliphatic heterocycles. The summed E-state index contributed by atoms with van der Waals surface area (Å²) in [6, 6.07) is 4.51. The molecule has 1 aromatic rings. The summed E-state index contributed by atoms with van der Waals surface area (Å²) < 4.78 is 5.39. The molecule has 7 heteroatoms. The zero-order chi connectivity index (χ0) is 15.5.